The van der Waals surface area contributed by atoms with E-state index in [4.69, 9.17) is 9.47 Å². The monoisotopic (exact) mass is 682 g/mol. The van der Waals surface area contributed by atoms with Gasteiger partial charge in [-0.1, -0.05) is 51.3 Å². The Labute approximate surface area is 281 Å². The van der Waals surface area contributed by atoms with Gasteiger partial charge in [-0.05, 0) is 72.9 Å². The summed E-state index contributed by atoms with van der Waals surface area (Å²) in [5.74, 6) is -1.50. The van der Waals surface area contributed by atoms with Gasteiger partial charge in [-0.2, -0.15) is 0 Å². The number of alkyl carbamates (subject to hydrolysis) is 1. The molecule has 48 heavy (non-hydrogen) atoms. The molecule has 1 saturated heterocycles. The quantitative estimate of drug-likeness (QED) is 0.256. The van der Waals surface area contributed by atoms with Crippen molar-refractivity contribution >= 4 is 36.3 Å². The minimum Gasteiger partial charge on any atom is -0.472 e. The second kappa shape index (κ2) is 13.4. The Morgan fingerprint density at radius 3 is 2.65 bits per heavy atom. The Hall–Kier alpha value is -3.47. The van der Waals surface area contributed by atoms with E-state index < -0.39 is 54.9 Å². The van der Waals surface area contributed by atoms with Gasteiger partial charge in [0.15, 0.2) is 0 Å². The highest BCUT2D eigenvalue weighted by molar-refractivity contribution is 7.54. The number of nitrogens with zero attached hydrogens (tertiary/aromatic N) is 2. The summed E-state index contributed by atoms with van der Waals surface area (Å²) in [5, 5.41) is 5.49. The van der Waals surface area contributed by atoms with Crippen molar-refractivity contribution in [2.24, 2.45) is 17.3 Å². The number of carbonyl (C=O) groups is 3. The minimum absolute atomic E-state index is 0.0233. The Balaban J connectivity index is 1.37. The summed E-state index contributed by atoms with van der Waals surface area (Å²) in [7, 11) is -4.77. The Morgan fingerprint density at radius 1 is 1.17 bits per heavy atom. The fraction of sp³-hybridized carbons (Fsp3) is 0.600. The van der Waals surface area contributed by atoms with Crippen molar-refractivity contribution in [2.75, 3.05) is 13.2 Å². The van der Waals surface area contributed by atoms with E-state index in [-0.39, 0.29) is 37.3 Å². The number of carbonyl (C=O) groups excluding carboxylic acids is 3. The maximum atomic E-state index is 14.5. The summed E-state index contributed by atoms with van der Waals surface area (Å²) < 4.78 is 24.7. The molecule has 0 spiro atoms. The van der Waals surface area contributed by atoms with Crippen LogP contribution in [0.1, 0.15) is 77.2 Å². The van der Waals surface area contributed by atoms with Crippen LogP contribution in [0.4, 0.5) is 4.79 Å². The Bertz CT molecular complexity index is 1620. The number of fused-ring (bicyclic) bond motifs is 3. The molecular formula is C35H47N4O8P. The van der Waals surface area contributed by atoms with Gasteiger partial charge in [0.25, 0.3) is 0 Å². The first-order valence-electron chi connectivity index (χ1n) is 17.1. The third-order valence-corrected chi connectivity index (χ3v) is 12.3. The van der Waals surface area contributed by atoms with E-state index in [1.165, 1.54) is 11.0 Å². The number of ether oxygens (including phenoxy) is 2. The SMILES string of the molecule is C=CC1CC1(NC(=O)[C@@H]1C[C@@H]2CN1C(=O)[C@H](C1CCCCC1)NC(=O)OCC(C)(C)CCCc1ccc3ccnc(c3c1)O2)P(=O)(O)O. The van der Waals surface area contributed by atoms with E-state index >= 15 is 0 Å². The average molecular weight is 683 g/mol. The number of hydrogen-bond acceptors (Lipinski definition) is 7. The van der Waals surface area contributed by atoms with E-state index in [2.05, 4.69) is 34.3 Å². The molecule has 5 atom stereocenters. The molecule has 0 radical (unpaired) electrons. The standard InChI is InChI=1S/C35H47N4O8P/c1-4-25-19-35(25,48(43,44)45)38-30(40)28-18-26-20-39(28)32(41)29(24-10-6-5-7-11-24)37-33(42)46-21-34(2,3)15-8-9-22-12-13-23-14-16-36-31(47-26)27(23)17-22/h4,12-14,16-17,24-26,28-29H,1,5-11,15,18-21H2,2-3H3,(H,37,42)(H,38,40)(H2,43,44,45)/t25?,26-,28+,29+,35?/m1/s1. The lowest BCUT2D eigenvalue weighted by atomic mass is 9.83. The van der Waals surface area contributed by atoms with E-state index in [9.17, 15) is 28.7 Å². The molecule has 2 aliphatic heterocycles. The van der Waals surface area contributed by atoms with Crippen molar-refractivity contribution in [3.63, 3.8) is 0 Å². The Kier molecular flexibility index (Phi) is 9.63. The number of amides is 3. The molecule has 3 fully saturated rings. The van der Waals surface area contributed by atoms with Crippen LogP contribution in [-0.2, 0) is 25.3 Å². The summed E-state index contributed by atoms with van der Waals surface area (Å²) >= 11 is 0. The van der Waals surface area contributed by atoms with Gasteiger partial charge < -0.3 is 34.8 Å². The lowest BCUT2D eigenvalue weighted by molar-refractivity contribution is -0.141. The topological polar surface area (TPSA) is 167 Å². The van der Waals surface area contributed by atoms with Crippen molar-refractivity contribution in [2.45, 2.75) is 102 Å². The number of aromatic nitrogens is 1. The van der Waals surface area contributed by atoms with E-state index in [0.29, 0.717) is 5.88 Å². The van der Waals surface area contributed by atoms with E-state index in [1.807, 2.05) is 26.0 Å². The predicted molar refractivity (Wildman–Crippen MR) is 179 cm³/mol. The molecule has 2 saturated carbocycles. The van der Waals surface area contributed by atoms with Gasteiger partial charge in [-0.25, -0.2) is 9.78 Å². The fourth-order valence-corrected chi connectivity index (χ4v) is 8.90. The van der Waals surface area contributed by atoms with Crippen molar-refractivity contribution in [1.29, 1.82) is 0 Å². The van der Waals surface area contributed by atoms with Crippen LogP contribution < -0.4 is 15.4 Å². The molecule has 4 N–H and O–H groups in total. The van der Waals surface area contributed by atoms with Crippen LogP contribution in [0.5, 0.6) is 5.88 Å². The highest BCUT2D eigenvalue weighted by Gasteiger charge is 2.66. The maximum absolute atomic E-state index is 14.5. The molecule has 1 aromatic heterocycles. The van der Waals surface area contributed by atoms with Crippen LogP contribution in [0, 0.1) is 17.3 Å². The van der Waals surface area contributed by atoms with Crippen LogP contribution in [0.15, 0.2) is 43.1 Å². The molecule has 3 heterocycles. The molecule has 4 aliphatic rings. The van der Waals surface area contributed by atoms with Crippen LogP contribution >= 0.6 is 7.60 Å². The molecule has 1 aromatic carbocycles. The number of nitrogens with one attached hydrogen (secondary N) is 2. The Morgan fingerprint density at radius 2 is 1.94 bits per heavy atom. The summed E-state index contributed by atoms with van der Waals surface area (Å²) in [6.07, 6.45) is 8.70. The minimum atomic E-state index is -4.77. The average Bonchev–Trinajstić information content (AvgIpc) is 3.63. The van der Waals surface area contributed by atoms with Gasteiger partial charge in [0.1, 0.15) is 23.5 Å². The molecule has 2 aliphatic carbocycles. The number of aryl methyl sites for hydroxylation is 1. The zero-order chi connectivity index (χ0) is 34.3. The third kappa shape index (κ3) is 7.12. The lowest BCUT2D eigenvalue weighted by Gasteiger charge is -2.35. The predicted octanol–water partition coefficient (Wildman–Crippen LogP) is 4.82. The van der Waals surface area contributed by atoms with Gasteiger partial charge in [-0.3, -0.25) is 14.2 Å². The number of hydrogen-bond donors (Lipinski definition) is 4. The summed E-state index contributed by atoms with van der Waals surface area (Å²) in [4.78, 5) is 68.2. The molecule has 13 heteroatoms. The second-order valence-electron chi connectivity index (χ2n) is 14.8. The zero-order valence-corrected chi connectivity index (χ0v) is 28.6. The molecule has 4 bridgehead atoms. The van der Waals surface area contributed by atoms with Gasteiger partial charge in [-0.15, -0.1) is 6.58 Å². The zero-order valence-electron chi connectivity index (χ0n) is 27.7. The number of rotatable bonds is 5. The first-order chi connectivity index (χ1) is 22.8. The van der Waals surface area contributed by atoms with Crippen LogP contribution in [0.25, 0.3) is 10.8 Å². The summed E-state index contributed by atoms with van der Waals surface area (Å²) in [6, 6.07) is 6.03. The highest BCUT2D eigenvalue weighted by atomic mass is 31.2. The van der Waals surface area contributed by atoms with Gasteiger partial charge in [0.05, 0.1) is 13.2 Å². The van der Waals surface area contributed by atoms with Gasteiger partial charge >= 0.3 is 13.7 Å². The summed E-state index contributed by atoms with van der Waals surface area (Å²) in [5.41, 5.74) is 0.808. The molecule has 12 nitrogen and oxygen atoms in total. The second-order valence-corrected chi connectivity index (χ2v) is 16.7. The number of benzene rings is 1. The van der Waals surface area contributed by atoms with E-state index in [0.717, 1.165) is 67.7 Å². The highest BCUT2D eigenvalue weighted by Crippen LogP contribution is 2.67. The lowest BCUT2D eigenvalue weighted by Crippen LogP contribution is -2.57. The normalized spacial score (nSPS) is 30.0. The van der Waals surface area contributed by atoms with Crippen molar-refractivity contribution in [1.82, 2.24) is 20.5 Å². The first kappa shape index (κ1) is 34.4. The third-order valence-electron chi connectivity index (χ3n) is 10.6. The van der Waals surface area contributed by atoms with Crippen molar-refractivity contribution in [3.05, 3.63) is 48.7 Å². The molecule has 2 aromatic rings. The molecule has 260 valence electrons. The molecule has 2 unspecified atom stereocenters. The van der Waals surface area contributed by atoms with Crippen molar-refractivity contribution in [3.8, 4) is 5.88 Å². The van der Waals surface area contributed by atoms with Crippen LogP contribution in [0.2, 0.25) is 0 Å². The largest absolute Gasteiger partial charge is 0.472 e. The van der Waals surface area contributed by atoms with Gasteiger partial charge in [0, 0.05) is 23.9 Å². The fourth-order valence-electron chi connectivity index (χ4n) is 7.67. The molecule has 3 amide bonds. The molecule has 6 rings (SSSR count). The number of cyclic esters (lactones) is 1. The first-order valence-corrected chi connectivity index (χ1v) is 18.7. The van der Waals surface area contributed by atoms with Crippen LogP contribution in [0.3, 0.4) is 0 Å². The molecular weight excluding hydrogens is 635 g/mol. The van der Waals surface area contributed by atoms with Crippen LogP contribution in [-0.4, -0.2) is 74.2 Å². The van der Waals surface area contributed by atoms with Gasteiger partial charge in [0.2, 0.25) is 17.7 Å². The smallest absolute Gasteiger partial charge is 0.407 e. The maximum Gasteiger partial charge on any atom is 0.407 e. The van der Waals surface area contributed by atoms with Crippen molar-refractivity contribution < 1.29 is 38.2 Å². The van der Waals surface area contributed by atoms with E-state index in [1.54, 1.807) is 6.20 Å². The number of pyridine rings is 1. The summed E-state index contributed by atoms with van der Waals surface area (Å²) in [6.45, 7) is 7.97.